The van der Waals surface area contributed by atoms with Crippen molar-refractivity contribution in [2.75, 3.05) is 13.7 Å². The Morgan fingerprint density at radius 1 is 1.03 bits per heavy atom. The van der Waals surface area contributed by atoms with Crippen LogP contribution in [0.25, 0.3) is 6.08 Å². The fraction of sp³-hybridized carbons (Fsp3) is 0.148. The second kappa shape index (κ2) is 12.0. The number of carbonyl (C=O) groups excluding carboxylic acids is 2. The Labute approximate surface area is 233 Å². The molecule has 1 aliphatic rings. The zero-order valence-corrected chi connectivity index (χ0v) is 22.9. The number of hydrogen-bond acceptors (Lipinski definition) is 6. The second-order valence-corrected chi connectivity index (χ2v) is 10.1. The van der Waals surface area contributed by atoms with E-state index < -0.39 is 5.97 Å². The van der Waals surface area contributed by atoms with Gasteiger partial charge in [-0.05, 0) is 72.8 Å². The maximum atomic E-state index is 12.8. The van der Waals surface area contributed by atoms with E-state index in [0.29, 0.717) is 54.3 Å². The molecule has 0 bridgehead atoms. The van der Waals surface area contributed by atoms with Crippen LogP contribution in [-0.4, -0.2) is 35.6 Å². The highest BCUT2D eigenvalue weighted by Crippen LogP contribution is 2.38. The number of esters is 1. The summed E-state index contributed by atoms with van der Waals surface area (Å²) in [6.07, 6.45) is 1.70. The van der Waals surface area contributed by atoms with Crippen molar-refractivity contribution in [3.63, 3.8) is 0 Å². The third-order valence-corrected chi connectivity index (χ3v) is 7.25. The fourth-order valence-electron chi connectivity index (χ4n) is 3.37. The number of ether oxygens (including phenoxy) is 2. The number of aliphatic imine (C=N–C) groups is 1. The van der Waals surface area contributed by atoms with Gasteiger partial charge in [0.05, 0.1) is 32.8 Å². The summed E-state index contributed by atoms with van der Waals surface area (Å²) in [5.74, 6) is -0.272. The molecule has 0 saturated carbocycles. The van der Waals surface area contributed by atoms with Gasteiger partial charge in [-0.3, -0.25) is 9.69 Å². The minimum Gasteiger partial charge on any atom is -0.486 e. The molecule has 10 heteroatoms. The lowest BCUT2D eigenvalue weighted by molar-refractivity contribution is -0.121. The van der Waals surface area contributed by atoms with Crippen molar-refractivity contribution in [3.05, 3.63) is 97.3 Å². The number of amidine groups is 1. The summed E-state index contributed by atoms with van der Waals surface area (Å²) in [4.78, 5) is 31.2. The second-order valence-electron chi connectivity index (χ2n) is 7.83. The van der Waals surface area contributed by atoms with Crippen LogP contribution in [0.4, 0.5) is 5.69 Å². The maximum absolute atomic E-state index is 12.8. The number of halogens is 3. The van der Waals surface area contributed by atoms with Crippen LogP contribution in [0.3, 0.4) is 0 Å². The van der Waals surface area contributed by atoms with Crippen molar-refractivity contribution in [2.45, 2.75) is 13.5 Å². The van der Waals surface area contributed by atoms with Gasteiger partial charge in [-0.1, -0.05) is 53.0 Å². The standard InChI is InChI=1S/C27H21Cl3N2O4S/c1-3-35-26(34)17-8-10-19(11-9-17)31-27-32(2)25(33)23(37-27)14-16-12-21(29)24(22(30)13-16)36-15-18-6-4-5-7-20(18)28/h4-14H,3,15H2,1-2H3/b23-14-,31-27?. The molecule has 190 valence electrons. The van der Waals surface area contributed by atoms with Crippen LogP contribution in [0.1, 0.15) is 28.4 Å². The van der Waals surface area contributed by atoms with Crippen LogP contribution < -0.4 is 4.74 Å². The molecule has 1 fully saturated rings. The van der Waals surface area contributed by atoms with E-state index in [1.807, 2.05) is 18.2 Å². The monoisotopic (exact) mass is 574 g/mol. The van der Waals surface area contributed by atoms with Crippen LogP contribution in [0, 0.1) is 0 Å². The Bertz CT molecular complexity index is 1380. The van der Waals surface area contributed by atoms with E-state index in [1.54, 1.807) is 62.5 Å². The van der Waals surface area contributed by atoms with Crippen LogP contribution in [0.5, 0.6) is 5.75 Å². The molecule has 0 aliphatic carbocycles. The number of hydrogen-bond donors (Lipinski definition) is 0. The molecule has 1 amide bonds. The zero-order chi connectivity index (χ0) is 26.5. The van der Waals surface area contributed by atoms with Gasteiger partial charge in [0.25, 0.3) is 5.91 Å². The predicted molar refractivity (Wildman–Crippen MR) is 150 cm³/mol. The summed E-state index contributed by atoms with van der Waals surface area (Å²) in [6, 6.07) is 17.4. The average Bonchev–Trinajstić information content (AvgIpc) is 3.12. The first kappa shape index (κ1) is 27.1. The van der Waals surface area contributed by atoms with Gasteiger partial charge in [-0.25, -0.2) is 9.79 Å². The van der Waals surface area contributed by atoms with Crippen molar-refractivity contribution in [3.8, 4) is 5.75 Å². The number of likely N-dealkylation sites (N-methyl/N-ethyl adjacent to an activating group) is 1. The van der Waals surface area contributed by atoms with Gasteiger partial charge >= 0.3 is 5.97 Å². The summed E-state index contributed by atoms with van der Waals surface area (Å²) in [5, 5.41) is 1.71. The van der Waals surface area contributed by atoms with Gasteiger partial charge in [0.1, 0.15) is 6.61 Å². The van der Waals surface area contributed by atoms with Gasteiger partial charge in [0, 0.05) is 17.6 Å². The van der Waals surface area contributed by atoms with Crippen molar-refractivity contribution < 1.29 is 19.1 Å². The summed E-state index contributed by atoms with van der Waals surface area (Å²) in [5.41, 5.74) is 2.48. The van der Waals surface area contributed by atoms with Crippen molar-refractivity contribution in [2.24, 2.45) is 4.99 Å². The molecule has 3 aromatic rings. The number of carbonyl (C=O) groups is 2. The molecule has 37 heavy (non-hydrogen) atoms. The molecule has 6 nitrogen and oxygen atoms in total. The molecule has 3 aromatic carbocycles. The molecule has 1 saturated heterocycles. The average molecular weight is 576 g/mol. The lowest BCUT2D eigenvalue weighted by Crippen LogP contribution is -2.23. The molecule has 1 aliphatic heterocycles. The first-order valence-electron chi connectivity index (χ1n) is 11.2. The molecule has 4 rings (SSSR count). The Morgan fingerprint density at radius 3 is 2.35 bits per heavy atom. The highest BCUT2D eigenvalue weighted by Gasteiger charge is 2.30. The highest BCUT2D eigenvalue weighted by molar-refractivity contribution is 8.18. The van der Waals surface area contributed by atoms with Crippen molar-refractivity contribution in [1.82, 2.24) is 4.90 Å². The van der Waals surface area contributed by atoms with E-state index in [9.17, 15) is 9.59 Å². The normalized spacial score (nSPS) is 15.5. The molecule has 0 N–H and O–H groups in total. The van der Waals surface area contributed by atoms with E-state index in [1.165, 1.54) is 16.7 Å². The first-order chi connectivity index (χ1) is 17.8. The van der Waals surface area contributed by atoms with E-state index in [4.69, 9.17) is 44.3 Å². The smallest absolute Gasteiger partial charge is 0.338 e. The summed E-state index contributed by atoms with van der Waals surface area (Å²) in [6.45, 7) is 2.26. The molecular weight excluding hydrogens is 555 g/mol. The first-order valence-corrected chi connectivity index (χ1v) is 13.1. The largest absolute Gasteiger partial charge is 0.486 e. The molecular formula is C27H21Cl3N2O4S. The van der Waals surface area contributed by atoms with Crippen LogP contribution in [0.2, 0.25) is 15.1 Å². The zero-order valence-electron chi connectivity index (χ0n) is 19.8. The van der Waals surface area contributed by atoms with Crippen LogP contribution in [-0.2, 0) is 16.1 Å². The highest BCUT2D eigenvalue weighted by atomic mass is 35.5. The number of amides is 1. The van der Waals surface area contributed by atoms with Gasteiger partial charge in [-0.15, -0.1) is 0 Å². The molecule has 0 radical (unpaired) electrons. The lowest BCUT2D eigenvalue weighted by Gasteiger charge is -2.12. The van der Waals surface area contributed by atoms with Crippen LogP contribution in [0.15, 0.2) is 70.6 Å². The summed E-state index contributed by atoms with van der Waals surface area (Å²) >= 11 is 20.3. The molecule has 0 spiro atoms. The van der Waals surface area contributed by atoms with Crippen LogP contribution >= 0.6 is 46.6 Å². The molecule has 0 aromatic heterocycles. The predicted octanol–water partition coefficient (Wildman–Crippen LogP) is 7.64. The van der Waals surface area contributed by atoms with Gasteiger partial charge in [0.15, 0.2) is 10.9 Å². The van der Waals surface area contributed by atoms with E-state index in [0.717, 1.165) is 5.56 Å². The van der Waals surface area contributed by atoms with Gasteiger partial charge < -0.3 is 9.47 Å². The topological polar surface area (TPSA) is 68.2 Å². The minimum atomic E-state index is -0.396. The van der Waals surface area contributed by atoms with Gasteiger partial charge in [0.2, 0.25) is 0 Å². The SMILES string of the molecule is CCOC(=O)c1ccc(N=C2S/C(=C\c3cc(Cl)c(OCc4ccccc4Cl)c(Cl)c3)C(=O)N2C)cc1. The third kappa shape index (κ3) is 6.48. The molecule has 1 heterocycles. The molecule has 0 unspecified atom stereocenters. The summed E-state index contributed by atoms with van der Waals surface area (Å²) in [7, 11) is 1.65. The van der Waals surface area contributed by atoms with Crippen molar-refractivity contribution in [1.29, 1.82) is 0 Å². The Hall–Kier alpha value is -2.97. The van der Waals surface area contributed by atoms with Crippen molar-refractivity contribution >= 4 is 75.4 Å². The minimum absolute atomic E-state index is 0.208. The quantitative estimate of drug-likeness (QED) is 0.214. The Balaban J connectivity index is 1.50. The number of benzene rings is 3. The Kier molecular flexibility index (Phi) is 8.82. The number of thioether (sulfide) groups is 1. The fourth-order valence-corrected chi connectivity index (χ4v) is 5.16. The van der Waals surface area contributed by atoms with E-state index in [-0.39, 0.29) is 12.5 Å². The lowest BCUT2D eigenvalue weighted by atomic mass is 10.2. The number of nitrogens with zero attached hydrogens (tertiary/aromatic N) is 2. The third-order valence-electron chi connectivity index (χ3n) is 5.25. The summed E-state index contributed by atoms with van der Waals surface area (Å²) < 4.78 is 10.8. The van der Waals surface area contributed by atoms with E-state index >= 15 is 0 Å². The van der Waals surface area contributed by atoms with E-state index in [2.05, 4.69) is 4.99 Å². The molecule has 0 atom stereocenters. The Morgan fingerprint density at radius 2 is 1.70 bits per heavy atom. The van der Waals surface area contributed by atoms with Gasteiger partial charge in [-0.2, -0.15) is 0 Å². The maximum Gasteiger partial charge on any atom is 0.338 e. The number of rotatable bonds is 7.